The van der Waals surface area contributed by atoms with E-state index in [1.165, 1.54) is 0 Å². The van der Waals surface area contributed by atoms with Gasteiger partial charge in [0.05, 0.1) is 17.1 Å². The van der Waals surface area contributed by atoms with E-state index in [2.05, 4.69) is 4.98 Å². The fourth-order valence-electron chi connectivity index (χ4n) is 2.68. The zero-order valence-electron chi connectivity index (χ0n) is 14.3. The molecule has 3 rings (SSSR count). The lowest BCUT2D eigenvalue weighted by Gasteiger charge is -2.19. The first-order valence-electron chi connectivity index (χ1n) is 8.00. The summed E-state index contributed by atoms with van der Waals surface area (Å²) in [5.41, 5.74) is 2.36. The maximum Gasteiger partial charge on any atom is 0.306 e. The van der Waals surface area contributed by atoms with E-state index in [0.29, 0.717) is 22.9 Å². The molecule has 0 saturated heterocycles. The number of thiophene rings is 1. The second kappa shape index (κ2) is 7.02. The third kappa shape index (κ3) is 4.20. The molecule has 0 spiro atoms. The van der Waals surface area contributed by atoms with Crippen molar-refractivity contribution in [3.05, 3.63) is 44.6 Å². The molecule has 25 heavy (non-hydrogen) atoms. The molecule has 0 saturated carbocycles. The molecule has 0 bridgehead atoms. The molecule has 1 aromatic carbocycles. The fraction of sp³-hybridized carbons (Fsp3) is 0.316. The van der Waals surface area contributed by atoms with E-state index in [0.717, 1.165) is 27.0 Å². The summed E-state index contributed by atoms with van der Waals surface area (Å²) < 4.78 is 5.38. The monoisotopic (exact) mass is 395 g/mol. The van der Waals surface area contributed by atoms with Crippen molar-refractivity contribution < 1.29 is 9.53 Å². The van der Waals surface area contributed by atoms with Gasteiger partial charge in [0.15, 0.2) is 0 Å². The zero-order valence-corrected chi connectivity index (χ0v) is 16.6. The smallest absolute Gasteiger partial charge is 0.306 e. The van der Waals surface area contributed by atoms with Crippen LogP contribution in [0.4, 0.5) is 0 Å². The van der Waals surface area contributed by atoms with Gasteiger partial charge in [-0.25, -0.2) is 0 Å². The third-order valence-corrected chi connectivity index (χ3v) is 5.30. The molecule has 1 N–H and O–H groups in total. The number of aromatic nitrogens is 1. The predicted octanol–water partition coefficient (Wildman–Crippen LogP) is 6.48. The maximum absolute atomic E-state index is 12.0. The first-order valence-corrected chi connectivity index (χ1v) is 9.63. The van der Waals surface area contributed by atoms with Gasteiger partial charge in [0.25, 0.3) is 0 Å². The number of fused-ring (bicyclic) bond motifs is 1. The van der Waals surface area contributed by atoms with E-state index in [9.17, 15) is 4.79 Å². The Labute approximate surface area is 160 Å². The van der Waals surface area contributed by atoms with Crippen molar-refractivity contribution in [1.82, 2.24) is 4.98 Å². The molecule has 0 fully saturated rings. The van der Waals surface area contributed by atoms with E-state index in [1.54, 1.807) is 11.3 Å². The minimum Gasteiger partial charge on any atom is -0.460 e. The van der Waals surface area contributed by atoms with Gasteiger partial charge in [-0.1, -0.05) is 23.2 Å². The lowest BCUT2D eigenvalue weighted by molar-refractivity contribution is -0.154. The number of ether oxygens (including phenoxy) is 1. The Hall–Kier alpha value is -1.49. The van der Waals surface area contributed by atoms with E-state index >= 15 is 0 Å². The topological polar surface area (TPSA) is 42.1 Å². The minimum atomic E-state index is -0.463. The van der Waals surface area contributed by atoms with E-state index < -0.39 is 5.60 Å². The molecule has 0 atom stereocenters. The van der Waals surface area contributed by atoms with Crippen molar-refractivity contribution in [2.75, 3.05) is 0 Å². The molecule has 6 heteroatoms. The van der Waals surface area contributed by atoms with Crippen molar-refractivity contribution in [3.63, 3.8) is 0 Å². The Morgan fingerprint density at radius 1 is 1.24 bits per heavy atom. The summed E-state index contributed by atoms with van der Waals surface area (Å²) in [7, 11) is 0. The Kier molecular flexibility index (Phi) is 5.14. The van der Waals surface area contributed by atoms with Crippen LogP contribution in [0.5, 0.6) is 0 Å². The maximum atomic E-state index is 12.0. The molecule has 132 valence electrons. The quantitative estimate of drug-likeness (QED) is 0.513. The summed E-state index contributed by atoms with van der Waals surface area (Å²) >= 11 is 14.3. The largest absolute Gasteiger partial charge is 0.460 e. The molecule has 0 unspecified atom stereocenters. The average Bonchev–Trinajstić information content (AvgIpc) is 3.08. The van der Waals surface area contributed by atoms with Gasteiger partial charge >= 0.3 is 5.97 Å². The van der Waals surface area contributed by atoms with Gasteiger partial charge in [0.2, 0.25) is 0 Å². The van der Waals surface area contributed by atoms with Crippen LogP contribution in [-0.2, 0) is 16.0 Å². The highest BCUT2D eigenvalue weighted by Gasteiger charge is 2.19. The number of carbonyl (C=O) groups excluding carboxylic acids is 1. The number of aryl methyl sites for hydroxylation is 1. The number of nitrogens with one attached hydrogen (secondary N) is 1. The summed E-state index contributed by atoms with van der Waals surface area (Å²) in [6.45, 7) is 5.62. The fourth-order valence-corrected chi connectivity index (χ4v) is 4.04. The first kappa shape index (κ1) is 18.3. The van der Waals surface area contributed by atoms with Crippen LogP contribution >= 0.6 is 34.5 Å². The van der Waals surface area contributed by atoms with Crippen LogP contribution in [0.3, 0.4) is 0 Å². The van der Waals surface area contributed by atoms with Crippen molar-refractivity contribution in [2.24, 2.45) is 0 Å². The van der Waals surface area contributed by atoms with Crippen LogP contribution < -0.4 is 0 Å². The lowest BCUT2D eigenvalue weighted by Crippen LogP contribution is -2.23. The Morgan fingerprint density at radius 3 is 2.72 bits per heavy atom. The first-order chi connectivity index (χ1) is 11.7. The zero-order chi connectivity index (χ0) is 18.2. The highest BCUT2D eigenvalue weighted by molar-refractivity contribution is 7.10. The van der Waals surface area contributed by atoms with Gasteiger partial charge in [-0.3, -0.25) is 4.79 Å². The number of halogens is 2. The lowest BCUT2D eigenvalue weighted by atomic mass is 10.1. The van der Waals surface area contributed by atoms with Crippen molar-refractivity contribution >= 4 is 51.4 Å². The number of hydrogen-bond donors (Lipinski definition) is 1. The SMILES string of the molecule is CC(C)(C)OC(=O)CCc1sccc1-c1[nH]c2ccc(Cl)cc2c1Cl. The summed E-state index contributed by atoms with van der Waals surface area (Å²) in [4.78, 5) is 16.4. The van der Waals surface area contributed by atoms with E-state index in [-0.39, 0.29) is 5.97 Å². The number of rotatable bonds is 4. The molecular weight excluding hydrogens is 377 g/mol. The van der Waals surface area contributed by atoms with Crippen LogP contribution in [0, 0.1) is 0 Å². The van der Waals surface area contributed by atoms with Gasteiger partial charge in [-0.05, 0) is 56.8 Å². The number of benzene rings is 1. The van der Waals surface area contributed by atoms with Crippen LogP contribution in [0.25, 0.3) is 22.2 Å². The molecule has 0 radical (unpaired) electrons. The summed E-state index contributed by atoms with van der Waals surface area (Å²) in [5.74, 6) is -0.193. The number of esters is 1. The Balaban J connectivity index is 1.85. The number of aromatic amines is 1. The van der Waals surface area contributed by atoms with Gasteiger partial charge in [0.1, 0.15) is 5.60 Å². The van der Waals surface area contributed by atoms with Crippen LogP contribution in [0.1, 0.15) is 32.1 Å². The molecule has 0 aliphatic rings. The molecular formula is C19H19Cl2NO2S. The molecule has 3 nitrogen and oxygen atoms in total. The Morgan fingerprint density at radius 2 is 2.00 bits per heavy atom. The van der Waals surface area contributed by atoms with Crippen molar-refractivity contribution in [1.29, 1.82) is 0 Å². The summed E-state index contributed by atoms with van der Waals surface area (Å²) in [6.07, 6.45) is 0.961. The van der Waals surface area contributed by atoms with Crippen molar-refractivity contribution in [2.45, 2.75) is 39.2 Å². The summed E-state index contributed by atoms with van der Waals surface area (Å²) in [5, 5.41) is 4.20. The average molecular weight is 396 g/mol. The number of H-pyrrole nitrogens is 1. The standard InChI is InChI=1S/C19H19Cl2NO2S/c1-19(2,3)24-16(23)7-6-15-12(8-9-25-15)18-17(21)13-10-11(20)4-5-14(13)22-18/h4-5,8-10,22H,6-7H2,1-3H3. The highest BCUT2D eigenvalue weighted by atomic mass is 35.5. The predicted molar refractivity (Wildman–Crippen MR) is 106 cm³/mol. The molecule has 0 aliphatic heterocycles. The summed E-state index contributed by atoms with van der Waals surface area (Å²) in [6, 6.07) is 7.62. The van der Waals surface area contributed by atoms with Crippen LogP contribution in [0.15, 0.2) is 29.6 Å². The van der Waals surface area contributed by atoms with Gasteiger partial charge in [-0.15, -0.1) is 11.3 Å². The normalized spacial score (nSPS) is 11.9. The number of hydrogen-bond acceptors (Lipinski definition) is 3. The van der Waals surface area contributed by atoms with Crippen LogP contribution in [0.2, 0.25) is 10.0 Å². The third-order valence-electron chi connectivity index (χ3n) is 3.69. The Bertz CT molecular complexity index is 921. The van der Waals surface area contributed by atoms with E-state index in [1.807, 2.05) is 50.4 Å². The van der Waals surface area contributed by atoms with Crippen LogP contribution in [-0.4, -0.2) is 16.6 Å². The van der Waals surface area contributed by atoms with Gasteiger partial charge in [0, 0.05) is 26.4 Å². The van der Waals surface area contributed by atoms with Gasteiger partial charge in [-0.2, -0.15) is 0 Å². The highest BCUT2D eigenvalue weighted by Crippen LogP contribution is 2.39. The minimum absolute atomic E-state index is 0.193. The van der Waals surface area contributed by atoms with Crippen molar-refractivity contribution in [3.8, 4) is 11.3 Å². The van der Waals surface area contributed by atoms with Gasteiger partial charge < -0.3 is 9.72 Å². The second-order valence-corrected chi connectivity index (χ2v) is 8.66. The number of carbonyl (C=O) groups is 1. The molecule has 2 heterocycles. The second-order valence-electron chi connectivity index (χ2n) is 6.85. The molecule has 0 aliphatic carbocycles. The molecule has 2 aromatic heterocycles. The van der Waals surface area contributed by atoms with E-state index in [4.69, 9.17) is 27.9 Å². The molecule has 3 aromatic rings. The molecule has 0 amide bonds.